The normalized spacial score (nSPS) is 18.8. The van der Waals surface area contributed by atoms with Crippen molar-refractivity contribution in [3.05, 3.63) is 58.4 Å². The van der Waals surface area contributed by atoms with Crippen molar-refractivity contribution in [2.24, 2.45) is 11.1 Å². The summed E-state index contributed by atoms with van der Waals surface area (Å²) in [6.45, 7) is 1.69. The van der Waals surface area contributed by atoms with E-state index in [0.717, 1.165) is 48.6 Å². The van der Waals surface area contributed by atoms with Crippen molar-refractivity contribution in [1.29, 1.82) is 0 Å². The minimum absolute atomic E-state index is 0.0222. The number of halogens is 1. The Kier molecular flexibility index (Phi) is 5.57. The van der Waals surface area contributed by atoms with Crippen molar-refractivity contribution in [3.8, 4) is 12.3 Å². The predicted molar refractivity (Wildman–Crippen MR) is 133 cm³/mol. The Morgan fingerprint density at radius 2 is 1.94 bits per heavy atom. The summed E-state index contributed by atoms with van der Waals surface area (Å²) in [5.41, 5.74) is 22.2. The van der Waals surface area contributed by atoms with Crippen molar-refractivity contribution in [3.63, 3.8) is 0 Å². The first-order chi connectivity index (χ1) is 15.9. The standard InChI is InChI=1S/C24H24ClN7S/c1-2-14-3-4-16-15(11-14)12-24(20(16)26)6-9-32(10-7-24)18-13-30-23(22(28)31-18)33-17-5-8-29-21(27)19(17)25/h1,3-5,8,11,13,20H,6-7,9-10,12,26H2,(H2,27,29)(H2,28,31)/t20-/m1/s1. The fourth-order valence-electron chi connectivity index (χ4n) is 4.88. The highest BCUT2D eigenvalue weighted by Crippen LogP contribution is 2.51. The van der Waals surface area contributed by atoms with Crippen molar-refractivity contribution < 1.29 is 0 Å². The van der Waals surface area contributed by atoms with E-state index in [1.54, 1.807) is 18.5 Å². The third kappa shape index (κ3) is 3.86. The van der Waals surface area contributed by atoms with Gasteiger partial charge in [-0.2, -0.15) is 0 Å². The van der Waals surface area contributed by atoms with Crippen LogP contribution in [0.4, 0.5) is 17.5 Å². The summed E-state index contributed by atoms with van der Waals surface area (Å²) in [4.78, 5) is 16.1. The van der Waals surface area contributed by atoms with E-state index >= 15 is 0 Å². The second-order valence-electron chi connectivity index (χ2n) is 8.59. The van der Waals surface area contributed by atoms with Crippen LogP contribution in [0.2, 0.25) is 5.02 Å². The molecule has 7 nitrogen and oxygen atoms in total. The molecular formula is C24H24ClN7S. The Bertz CT molecular complexity index is 1260. The summed E-state index contributed by atoms with van der Waals surface area (Å²) in [7, 11) is 0. The molecule has 5 rings (SSSR count). The predicted octanol–water partition coefficient (Wildman–Crippen LogP) is 3.66. The lowest BCUT2D eigenvalue weighted by Crippen LogP contribution is -2.44. The number of pyridine rings is 1. The quantitative estimate of drug-likeness (QED) is 0.489. The molecule has 1 atom stereocenters. The topological polar surface area (TPSA) is 120 Å². The first kappa shape index (κ1) is 21.8. The van der Waals surface area contributed by atoms with Gasteiger partial charge in [0.2, 0.25) is 0 Å². The molecule has 33 heavy (non-hydrogen) atoms. The molecule has 0 amide bonds. The van der Waals surface area contributed by atoms with E-state index in [0.29, 0.717) is 15.9 Å². The average molecular weight is 478 g/mol. The van der Waals surface area contributed by atoms with Crippen LogP contribution in [0.25, 0.3) is 0 Å². The molecular weight excluding hydrogens is 454 g/mol. The molecule has 1 aliphatic heterocycles. The van der Waals surface area contributed by atoms with Gasteiger partial charge in [-0.3, -0.25) is 0 Å². The third-order valence-electron chi connectivity index (χ3n) is 6.77. The molecule has 2 aromatic heterocycles. The summed E-state index contributed by atoms with van der Waals surface area (Å²) in [6.07, 6.45) is 11.9. The zero-order valence-corrected chi connectivity index (χ0v) is 19.5. The number of piperidine rings is 1. The second kappa shape index (κ2) is 8.41. The zero-order valence-electron chi connectivity index (χ0n) is 18.0. The van der Waals surface area contributed by atoms with Crippen LogP contribution >= 0.6 is 23.4 Å². The molecule has 9 heteroatoms. The van der Waals surface area contributed by atoms with Crippen molar-refractivity contribution in [1.82, 2.24) is 15.0 Å². The molecule has 0 radical (unpaired) electrons. The van der Waals surface area contributed by atoms with E-state index in [2.05, 4.69) is 37.9 Å². The number of nitrogens with zero attached hydrogens (tertiary/aromatic N) is 4. The second-order valence-corrected chi connectivity index (χ2v) is 10.00. The van der Waals surface area contributed by atoms with Gasteiger partial charge >= 0.3 is 0 Å². The van der Waals surface area contributed by atoms with Gasteiger partial charge in [-0.05, 0) is 54.0 Å². The van der Waals surface area contributed by atoms with Gasteiger partial charge in [0.25, 0.3) is 0 Å². The number of anilines is 3. The molecule has 0 bridgehead atoms. The van der Waals surface area contributed by atoms with Crippen LogP contribution in [0.1, 0.15) is 35.6 Å². The van der Waals surface area contributed by atoms with Gasteiger partial charge in [0.15, 0.2) is 5.82 Å². The summed E-state index contributed by atoms with van der Waals surface area (Å²) >= 11 is 7.57. The van der Waals surface area contributed by atoms with Crippen molar-refractivity contribution >= 4 is 40.8 Å². The minimum atomic E-state index is 0.0222. The van der Waals surface area contributed by atoms with E-state index in [1.807, 2.05) is 6.07 Å². The Hall–Kier alpha value is -2.99. The smallest absolute Gasteiger partial charge is 0.158 e. The fourth-order valence-corrected chi connectivity index (χ4v) is 5.89. The number of nitrogens with two attached hydrogens (primary N) is 3. The number of aromatic nitrogens is 3. The van der Waals surface area contributed by atoms with E-state index in [4.69, 9.17) is 35.2 Å². The van der Waals surface area contributed by atoms with E-state index in [-0.39, 0.29) is 17.3 Å². The number of nitrogen functional groups attached to an aromatic ring is 2. The Balaban J connectivity index is 1.29. The Morgan fingerprint density at radius 3 is 2.67 bits per heavy atom. The molecule has 3 heterocycles. The molecule has 1 aliphatic carbocycles. The van der Waals surface area contributed by atoms with Gasteiger partial charge in [0.05, 0.1) is 11.2 Å². The molecule has 0 unspecified atom stereocenters. The average Bonchev–Trinajstić information content (AvgIpc) is 3.09. The van der Waals surface area contributed by atoms with E-state index < -0.39 is 0 Å². The lowest BCUT2D eigenvalue weighted by molar-refractivity contribution is 0.187. The number of terminal acetylenes is 1. The lowest BCUT2D eigenvalue weighted by Gasteiger charge is -2.42. The van der Waals surface area contributed by atoms with Crippen LogP contribution in [0.5, 0.6) is 0 Å². The first-order valence-electron chi connectivity index (χ1n) is 10.7. The van der Waals surface area contributed by atoms with Gasteiger partial charge in [0, 0.05) is 35.8 Å². The van der Waals surface area contributed by atoms with Gasteiger partial charge in [0.1, 0.15) is 16.7 Å². The van der Waals surface area contributed by atoms with E-state index in [9.17, 15) is 0 Å². The van der Waals surface area contributed by atoms with Gasteiger partial charge in [-0.25, -0.2) is 15.0 Å². The molecule has 1 saturated heterocycles. The number of benzene rings is 1. The molecule has 2 aliphatic rings. The van der Waals surface area contributed by atoms with Crippen LogP contribution in [0.15, 0.2) is 46.6 Å². The molecule has 1 aromatic carbocycles. The van der Waals surface area contributed by atoms with Crippen LogP contribution in [0.3, 0.4) is 0 Å². The first-order valence-corrected chi connectivity index (χ1v) is 11.9. The monoisotopic (exact) mass is 477 g/mol. The van der Waals surface area contributed by atoms with Crippen LogP contribution < -0.4 is 22.1 Å². The Labute approximate surface area is 202 Å². The lowest BCUT2D eigenvalue weighted by atomic mass is 9.73. The molecule has 0 saturated carbocycles. The number of hydrogen-bond acceptors (Lipinski definition) is 8. The van der Waals surface area contributed by atoms with Gasteiger partial charge in [-0.15, -0.1) is 6.42 Å². The van der Waals surface area contributed by atoms with E-state index in [1.165, 1.54) is 22.9 Å². The summed E-state index contributed by atoms with van der Waals surface area (Å²) < 4.78 is 0. The highest BCUT2D eigenvalue weighted by Gasteiger charge is 2.46. The molecule has 6 N–H and O–H groups in total. The number of fused-ring (bicyclic) bond motifs is 1. The largest absolute Gasteiger partial charge is 0.382 e. The summed E-state index contributed by atoms with van der Waals surface area (Å²) in [5, 5.41) is 0.967. The van der Waals surface area contributed by atoms with Crippen molar-refractivity contribution in [2.75, 3.05) is 29.5 Å². The van der Waals surface area contributed by atoms with Gasteiger partial charge < -0.3 is 22.1 Å². The number of hydrogen-bond donors (Lipinski definition) is 3. The maximum absolute atomic E-state index is 6.73. The summed E-state index contributed by atoms with van der Waals surface area (Å²) in [6, 6.07) is 7.99. The summed E-state index contributed by atoms with van der Waals surface area (Å²) in [5.74, 6) is 4.13. The molecule has 168 valence electrons. The highest BCUT2D eigenvalue weighted by molar-refractivity contribution is 7.99. The third-order valence-corrected chi connectivity index (χ3v) is 8.35. The maximum Gasteiger partial charge on any atom is 0.158 e. The minimum Gasteiger partial charge on any atom is -0.382 e. The van der Waals surface area contributed by atoms with Crippen LogP contribution in [-0.2, 0) is 6.42 Å². The zero-order chi connectivity index (χ0) is 23.2. The van der Waals surface area contributed by atoms with Crippen molar-refractivity contribution in [2.45, 2.75) is 35.2 Å². The SMILES string of the molecule is C#Cc1ccc2c(c1)CC1(CCN(c3cnc(Sc4ccnc(N)c4Cl)c(N)n3)CC1)[C@@H]2N. The molecule has 3 aromatic rings. The van der Waals surface area contributed by atoms with Gasteiger partial charge in [-0.1, -0.05) is 35.3 Å². The molecule has 1 spiro atoms. The maximum atomic E-state index is 6.73. The number of rotatable bonds is 3. The van der Waals surface area contributed by atoms with Crippen LogP contribution in [-0.4, -0.2) is 28.0 Å². The highest BCUT2D eigenvalue weighted by atomic mass is 35.5. The fraction of sp³-hybridized carbons (Fsp3) is 0.292. The molecule has 1 fully saturated rings. The Morgan fingerprint density at radius 1 is 1.15 bits per heavy atom. The van der Waals surface area contributed by atoms with Crippen LogP contribution in [0, 0.1) is 17.8 Å².